The van der Waals surface area contributed by atoms with Crippen molar-refractivity contribution in [2.24, 2.45) is 4.99 Å². The van der Waals surface area contributed by atoms with Gasteiger partial charge in [-0.05, 0) is 20.8 Å². The van der Waals surface area contributed by atoms with E-state index in [-0.39, 0.29) is 6.61 Å². The van der Waals surface area contributed by atoms with Gasteiger partial charge in [-0.25, -0.2) is 18.0 Å². The van der Waals surface area contributed by atoms with Crippen molar-refractivity contribution in [1.29, 1.82) is 0 Å². The second-order valence-electron chi connectivity index (χ2n) is 4.26. The molecule has 22 heavy (non-hydrogen) atoms. The Morgan fingerprint density at radius 3 is 2.50 bits per heavy atom. The highest BCUT2D eigenvalue weighted by atomic mass is 19.2. The molecular formula is C15H16F3NO3. The zero-order valence-corrected chi connectivity index (χ0v) is 12.4. The van der Waals surface area contributed by atoms with Crippen LogP contribution in [-0.2, 0) is 9.53 Å². The summed E-state index contributed by atoms with van der Waals surface area (Å²) in [5.74, 6) is -5.68. The van der Waals surface area contributed by atoms with E-state index in [0.717, 1.165) is 13.1 Å². The number of aliphatic imine (C=N–C) groups is 1. The molecule has 0 aliphatic rings. The van der Waals surface area contributed by atoms with Crippen molar-refractivity contribution in [3.63, 3.8) is 0 Å². The quantitative estimate of drug-likeness (QED) is 0.298. The van der Waals surface area contributed by atoms with Crippen LogP contribution in [0.15, 0.2) is 16.6 Å². The second kappa shape index (κ2) is 7.63. The lowest BCUT2D eigenvalue weighted by Gasteiger charge is -2.11. The van der Waals surface area contributed by atoms with Gasteiger partial charge in [0.05, 0.1) is 12.2 Å². The van der Waals surface area contributed by atoms with Crippen molar-refractivity contribution < 1.29 is 27.8 Å². The minimum Gasteiger partial charge on any atom is -0.506 e. The van der Waals surface area contributed by atoms with E-state index in [1.54, 1.807) is 13.8 Å². The fourth-order valence-corrected chi connectivity index (χ4v) is 1.74. The first-order chi connectivity index (χ1) is 10.3. The molecule has 7 heteroatoms. The van der Waals surface area contributed by atoms with E-state index in [1.807, 2.05) is 0 Å². The van der Waals surface area contributed by atoms with E-state index < -0.39 is 45.9 Å². The van der Waals surface area contributed by atoms with Crippen LogP contribution >= 0.6 is 0 Å². The van der Waals surface area contributed by atoms with Crippen LogP contribution in [0.2, 0.25) is 0 Å². The van der Waals surface area contributed by atoms with Crippen molar-refractivity contribution in [2.45, 2.75) is 20.8 Å². The van der Waals surface area contributed by atoms with E-state index in [4.69, 9.17) is 4.74 Å². The Bertz CT molecular complexity index is 639. The minimum absolute atomic E-state index is 0.0226. The van der Waals surface area contributed by atoms with Crippen LogP contribution in [0.1, 0.15) is 25.0 Å². The molecule has 120 valence electrons. The number of carbonyl (C=O) groups is 1. The summed E-state index contributed by atoms with van der Waals surface area (Å²) in [4.78, 5) is 15.6. The highest BCUT2D eigenvalue weighted by Crippen LogP contribution is 2.27. The summed E-state index contributed by atoms with van der Waals surface area (Å²) in [6.45, 7) is 4.64. The monoisotopic (exact) mass is 315 g/mol. The second-order valence-corrected chi connectivity index (χ2v) is 4.26. The van der Waals surface area contributed by atoms with Crippen LogP contribution in [0, 0.1) is 24.4 Å². The third-order valence-corrected chi connectivity index (χ3v) is 2.80. The predicted octanol–water partition coefficient (Wildman–Crippen LogP) is 3.34. The third-order valence-electron chi connectivity index (χ3n) is 2.80. The highest BCUT2D eigenvalue weighted by Gasteiger charge is 2.23. The molecule has 1 aromatic carbocycles. The van der Waals surface area contributed by atoms with Crippen LogP contribution in [0.3, 0.4) is 0 Å². The van der Waals surface area contributed by atoms with Gasteiger partial charge in [-0.15, -0.1) is 0 Å². The highest BCUT2D eigenvalue weighted by molar-refractivity contribution is 6.15. The van der Waals surface area contributed by atoms with E-state index in [2.05, 4.69) is 4.99 Å². The van der Waals surface area contributed by atoms with Crippen molar-refractivity contribution in [3.8, 4) is 0 Å². The molecule has 0 aromatic heterocycles. The maximum absolute atomic E-state index is 13.9. The van der Waals surface area contributed by atoms with Gasteiger partial charge in [0, 0.05) is 24.4 Å². The van der Waals surface area contributed by atoms with Crippen molar-refractivity contribution >= 4 is 17.9 Å². The summed E-state index contributed by atoms with van der Waals surface area (Å²) >= 11 is 0. The van der Waals surface area contributed by atoms with Crippen LogP contribution < -0.4 is 0 Å². The minimum atomic E-state index is -1.38. The maximum Gasteiger partial charge on any atom is 0.343 e. The molecule has 4 nitrogen and oxygen atoms in total. The number of hydrogen-bond acceptors (Lipinski definition) is 4. The van der Waals surface area contributed by atoms with Gasteiger partial charge < -0.3 is 9.84 Å². The zero-order valence-electron chi connectivity index (χ0n) is 12.4. The van der Waals surface area contributed by atoms with Gasteiger partial charge in [0.2, 0.25) is 0 Å². The summed E-state index contributed by atoms with van der Waals surface area (Å²) in [7, 11) is 0. The van der Waals surface area contributed by atoms with E-state index in [0.29, 0.717) is 12.6 Å². The number of rotatable bonds is 5. The third kappa shape index (κ3) is 3.66. The predicted molar refractivity (Wildman–Crippen MR) is 76.3 cm³/mol. The first kappa shape index (κ1) is 17.7. The number of carbonyl (C=O) groups excluding carboxylic acids is 1. The topological polar surface area (TPSA) is 58.9 Å². The Hall–Kier alpha value is -2.31. The van der Waals surface area contributed by atoms with Crippen LogP contribution in [0.25, 0.3) is 5.76 Å². The van der Waals surface area contributed by atoms with Gasteiger partial charge in [0.15, 0.2) is 11.6 Å². The summed E-state index contributed by atoms with van der Waals surface area (Å²) in [5, 5.41) is 10.1. The Balaban J connectivity index is 3.57. The standard InChI is InChI=1S/C15H16F3NO3/c1-4-19-7-9(15(21)22-5-2)14(20)12-8(3)13(18)11(17)6-10(12)16/h6-7,20H,4-5H2,1-3H3. The first-order valence-electron chi connectivity index (χ1n) is 6.59. The normalized spacial score (nSPS) is 12.5. The maximum atomic E-state index is 13.9. The Morgan fingerprint density at radius 2 is 1.95 bits per heavy atom. The van der Waals surface area contributed by atoms with Gasteiger partial charge in [0.25, 0.3) is 0 Å². The fourth-order valence-electron chi connectivity index (χ4n) is 1.74. The largest absolute Gasteiger partial charge is 0.506 e. The lowest BCUT2D eigenvalue weighted by Crippen LogP contribution is -2.13. The summed E-state index contributed by atoms with van der Waals surface area (Å²) in [5.41, 5.74) is -1.50. The Kier molecular flexibility index (Phi) is 6.15. The van der Waals surface area contributed by atoms with Gasteiger partial charge in [-0.1, -0.05) is 0 Å². The van der Waals surface area contributed by atoms with E-state index in [9.17, 15) is 23.1 Å². The molecule has 0 radical (unpaired) electrons. The Morgan fingerprint density at radius 1 is 1.32 bits per heavy atom. The van der Waals surface area contributed by atoms with Crippen LogP contribution in [0.5, 0.6) is 0 Å². The first-order valence-corrected chi connectivity index (χ1v) is 6.59. The van der Waals surface area contributed by atoms with Crippen molar-refractivity contribution in [1.82, 2.24) is 0 Å². The lowest BCUT2D eigenvalue weighted by atomic mass is 10.0. The van der Waals surface area contributed by atoms with Gasteiger partial charge in [-0.3, -0.25) is 4.99 Å². The molecule has 0 spiro atoms. The van der Waals surface area contributed by atoms with Gasteiger partial charge in [-0.2, -0.15) is 0 Å². The SMILES string of the molecule is CCN=CC(C(=O)OCC)=C(O)c1c(F)cc(F)c(F)c1C. The summed E-state index contributed by atoms with van der Waals surface area (Å²) in [6.07, 6.45) is 1.01. The average Bonchev–Trinajstić information content (AvgIpc) is 2.45. The molecule has 0 saturated heterocycles. The van der Waals surface area contributed by atoms with Crippen LogP contribution in [-0.4, -0.2) is 30.4 Å². The molecule has 0 fully saturated rings. The van der Waals surface area contributed by atoms with Gasteiger partial charge in [0.1, 0.15) is 17.1 Å². The number of ether oxygens (including phenoxy) is 1. The van der Waals surface area contributed by atoms with E-state index >= 15 is 0 Å². The number of aliphatic hydroxyl groups excluding tert-OH is 1. The Labute approximate surface area is 125 Å². The molecule has 1 N–H and O–H groups in total. The van der Waals surface area contributed by atoms with Crippen LogP contribution in [0.4, 0.5) is 13.2 Å². The molecule has 0 heterocycles. The number of hydrogen-bond donors (Lipinski definition) is 1. The molecular weight excluding hydrogens is 299 g/mol. The number of nitrogens with zero attached hydrogens (tertiary/aromatic N) is 1. The molecule has 0 aliphatic carbocycles. The molecule has 0 unspecified atom stereocenters. The number of benzene rings is 1. The molecule has 1 rings (SSSR count). The summed E-state index contributed by atoms with van der Waals surface area (Å²) < 4.78 is 45.3. The van der Waals surface area contributed by atoms with Crippen molar-refractivity contribution in [2.75, 3.05) is 13.2 Å². The average molecular weight is 315 g/mol. The summed E-state index contributed by atoms with van der Waals surface area (Å²) in [6, 6.07) is 0.299. The molecule has 0 saturated carbocycles. The lowest BCUT2D eigenvalue weighted by molar-refractivity contribution is -0.137. The number of aliphatic hydroxyl groups is 1. The van der Waals surface area contributed by atoms with Crippen molar-refractivity contribution in [3.05, 3.63) is 40.2 Å². The van der Waals surface area contributed by atoms with Gasteiger partial charge >= 0.3 is 5.97 Å². The molecule has 0 atom stereocenters. The number of esters is 1. The van der Waals surface area contributed by atoms with E-state index in [1.165, 1.54) is 0 Å². The number of halogens is 3. The molecule has 0 bridgehead atoms. The smallest absolute Gasteiger partial charge is 0.343 e. The molecule has 0 aliphatic heterocycles. The molecule has 0 amide bonds. The molecule has 1 aromatic rings. The fraction of sp³-hybridized carbons (Fsp3) is 0.333. The zero-order chi connectivity index (χ0) is 16.9.